The number of unbranched alkanes of at least 4 members (excludes halogenated alkanes) is 2. The lowest BCUT2D eigenvalue weighted by Crippen LogP contribution is -2.67. The SMILES string of the molecule is CCCC[C@@H]1NC[C@H](C(=O)N[C@@H](CS)C(=O)N[C@@H](Cc2cnc[nH]2)C(=O)N[C@@H](Cc2ccccc2)C(=O)N[C@H](C)C(=O)NCC(=O)N[C@@H](CCCNC(=N)N)C(=O)N[C@H](CCCC)C(=O)N[C@@H](CC(=O)O)C(=O)N[C@@H](CCCNC(=N)N)C(=O)N[C@H](C(=O)N[C@@H](CO)C(=O)N[C@@H](CS)C(=O)N[C@@H](Cc2ccc(O)cc2)C(=O)N2CC(C(N)=O)NC(=O)[C@@H]2CCCNC(=N)N)[C@@H](C)CC)NC1=O. The molecule has 1 aromatic heterocycles. The fraction of sp³-hybridized carbons (Fsp3) is 0.571. The molecule has 750 valence electrons. The van der Waals surface area contributed by atoms with Crippen molar-refractivity contribution in [2.45, 2.75) is 240 Å². The number of piperazine rings is 2. The van der Waals surface area contributed by atoms with Gasteiger partial charge in [-0.15, -0.1) is 0 Å². The van der Waals surface area contributed by atoms with Crippen molar-refractivity contribution in [2.24, 2.45) is 28.9 Å². The van der Waals surface area contributed by atoms with Crippen molar-refractivity contribution in [3.8, 4) is 5.75 Å². The van der Waals surface area contributed by atoms with Gasteiger partial charge in [0.15, 0.2) is 17.9 Å². The maximum atomic E-state index is 14.7. The lowest BCUT2D eigenvalue weighted by Gasteiger charge is -2.40. The number of nitrogens with zero attached hydrogens (tertiary/aromatic N) is 2. The topological polar surface area (TPSA) is 804 Å². The Bertz CT molecular complexity index is 4600. The smallest absolute Gasteiger partial charge is 0.305 e. The Kier molecular flexibility index (Phi) is 48.5. The molecule has 2 fully saturated rings. The van der Waals surface area contributed by atoms with Crippen LogP contribution in [0.5, 0.6) is 5.75 Å². The molecule has 17 amide bonds. The van der Waals surface area contributed by atoms with Crippen molar-refractivity contribution in [3.63, 3.8) is 0 Å². The Morgan fingerprint density at radius 1 is 0.507 bits per heavy atom. The van der Waals surface area contributed by atoms with Gasteiger partial charge in [0, 0.05) is 68.8 Å². The lowest BCUT2D eigenvalue weighted by atomic mass is 9.97. The standard InChI is InChI=1S/C84H131N29O21S2/c1-6-9-19-49-68(121)107-57(36-96-49)75(128)110-60(40-135)77(130)104-54(33-47-35-92-42-98-47)73(126)103-53(31-45-17-12-11-13-18-45)72(125)99-44(5)67(120)97-37-63(116)100-50(21-14-28-93-82(86)87)69(122)101-51(20-10-7-2)70(123)105-55(34-64(117)118)74(127)102-52(22-15-29-94-83(88)89)71(124)112-65(43(4)8-3)80(133)109-59(39-114)76(129)111-61(41-136)78(131)106-56(32-46-24-26-48(115)27-25-46)81(134)113-38-58(66(85)119)108-79(132)62(113)23-16-30-95-84(90)91/h11-13,17-18,24-27,35,42-44,49-62,65,96,114-115,135-136H,6-10,14-16,19-23,28-34,36-41H2,1-5H3,(H2,85,119)(H,92,98)(H,97,120)(H,99,125)(H,100,116)(H,101,122)(H,102,127)(H,103,126)(H,104,130)(H,105,123)(H,106,131)(H,107,121)(H,108,132)(H,109,133)(H,110,128)(H,111,129)(H,112,124)(H,117,118)(H4,86,87,93)(H4,88,89,94)(H4,90,91,95)/t43-,44+,49-,50-,51+,52-,53-,54-,55-,56-,57+,58?,59-,60-,61-,62-,65-/m0/s1. The maximum absolute atomic E-state index is 14.7. The minimum absolute atomic E-state index is 0.0218. The van der Waals surface area contributed by atoms with E-state index in [1.54, 1.807) is 44.2 Å². The van der Waals surface area contributed by atoms with E-state index in [1.807, 2.05) is 6.92 Å². The van der Waals surface area contributed by atoms with Crippen molar-refractivity contribution in [1.29, 1.82) is 16.2 Å². The van der Waals surface area contributed by atoms with E-state index in [-0.39, 0.29) is 127 Å². The molecule has 0 saturated carbocycles. The highest BCUT2D eigenvalue weighted by molar-refractivity contribution is 7.80. The number of hydrogen-bond acceptors (Lipinski definition) is 27. The number of primary amides is 1. The van der Waals surface area contributed by atoms with Gasteiger partial charge in [-0.2, -0.15) is 25.3 Å². The molecule has 0 spiro atoms. The van der Waals surface area contributed by atoms with Crippen LogP contribution in [0.3, 0.4) is 0 Å². The lowest BCUT2D eigenvalue weighted by molar-refractivity contribution is -0.149. The number of imidazole rings is 1. The predicted molar refractivity (Wildman–Crippen MR) is 499 cm³/mol. The fourth-order valence-corrected chi connectivity index (χ4v) is 14.7. The largest absolute Gasteiger partial charge is 0.508 e. The predicted octanol–water partition coefficient (Wildman–Crippen LogP) is -8.72. The molecular formula is C84H131N29O21S2. The van der Waals surface area contributed by atoms with Crippen molar-refractivity contribution in [1.82, 2.24) is 116 Å². The molecule has 2 aliphatic rings. The van der Waals surface area contributed by atoms with E-state index in [4.69, 9.17) is 39.2 Å². The molecule has 2 aromatic carbocycles. The zero-order chi connectivity index (χ0) is 101. The molecular weight excluding hydrogens is 1820 g/mol. The van der Waals surface area contributed by atoms with Crippen LogP contribution in [-0.2, 0) is 106 Å². The zero-order valence-electron chi connectivity index (χ0n) is 76.3. The van der Waals surface area contributed by atoms with Crippen molar-refractivity contribution >= 4 is 150 Å². The van der Waals surface area contributed by atoms with Gasteiger partial charge in [-0.1, -0.05) is 102 Å². The number of aromatic nitrogens is 2. The number of nitrogens with one attached hydrogen (secondary N) is 23. The first-order valence-electron chi connectivity index (χ1n) is 44.6. The number of aliphatic carboxylic acids is 1. The van der Waals surface area contributed by atoms with Crippen LogP contribution in [0.25, 0.3) is 0 Å². The van der Waals surface area contributed by atoms with Gasteiger partial charge in [0.1, 0.15) is 96.4 Å². The average Bonchev–Trinajstić information content (AvgIpc) is 0.809. The molecule has 136 heavy (non-hydrogen) atoms. The molecule has 50 nitrogen and oxygen atoms in total. The normalized spacial score (nSPS) is 17.3. The van der Waals surface area contributed by atoms with Crippen molar-refractivity contribution in [2.75, 3.05) is 57.4 Å². The molecule has 0 bridgehead atoms. The van der Waals surface area contributed by atoms with Crippen LogP contribution in [0, 0.1) is 22.1 Å². The van der Waals surface area contributed by atoms with Crippen LogP contribution in [-0.4, -0.2) is 309 Å². The molecule has 3 heterocycles. The summed E-state index contributed by atoms with van der Waals surface area (Å²) < 4.78 is 0. The second-order valence-corrected chi connectivity index (χ2v) is 33.4. The second-order valence-electron chi connectivity index (χ2n) is 32.7. The summed E-state index contributed by atoms with van der Waals surface area (Å²) in [5.41, 5.74) is 23.3. The zero-order valence-corrected chi connectivity index (χ0v) is 78.1. The second kappa shape index (κ2) is 58.5. The van der Waals surface area contributed by atoms with E-state index in [0.29, 0.717) is 29.7 Å². The molecule has 0 aliphatic carbocycles. The monoisotopic (exact) mass is 1950 g/mol. The highest BCUT2D eigenvalue weighted by Gasteiger charge is 2.44. The Balaban J connectivity index is 1.30. The van der Waals surface area contributed by atoms with Crippen LogP contribution < -0.4 is 124 Å². The third kappa shape index (κ3) is 38.7. The number of phenols is 1. The van der Waals surface area contributed by atoms with Gasteiger partial charge in [0.25, 0.3) is 0 Å². The number of aliphatic hydroxyl groups is 1. The maximum Gasteiger partial charge on any atom is 0.305 e. The van der Waals surface area contributed by atoms with E-state index in [9.17, 15) is 102 Å². The fourth-order valence-electron chi connectivity index (χ4n) is 14.2. The number of carboxylic acids is 1. The molecule has 3 aromatic rings. The van der Waals surface area contributed by atoms with E-state index in [2.05, 4.69) is 136 Å². The number of phenolic OH excluding ortho intramolecular Hbond substituents is 1. The van der Waals surface area contributed by atoms with Gasteiger partial charge >= 0.3 is 5.97 Å². The number of aromatic hydroxyl groups is 1. The number of thiol groups is 2. The highest BCUT2D eigenvalue weighted by Crippen LogP contribution is 2.21. The third-order valence-electron chi connectivity index (χ3n) is 22.0. The molecule has 52 heteroatoms. The molecule has 2 saturated heterocycles. The first kappa shape index (κ1) is 113. The van der Waals surface area contributed by atoms with Crippen LogP contribution in [0.2, 0.25) is 0 Å². The summed E-state index contributed by atoms with van der Waals surface area (Å²) in [5, 5.41) is 102. The molecule has 2 aliphatic heterocycles. The van der Waals surface area contributed by atoms with Gasteiger partial charge in [-0.05, 0) is 87.5 Å². The number of hydrogen-bond donors (Lipinski definition) is 32. The van der Waals surface area contributed by atoms with E-state index < -0.39 is 247 Å². The van der Waals surface area contributed by atoms with Crippen LogP contribution in [0.15, 0.2) is 67.1 Å². The van der Waals surface area contributed by atoms with Crippen LogP contribution in [0.4, 0.5) is 0 Å². The van der Waals surface area contributed by atoms with E-state index in [1.165, 1.54) is 50.6 Å². The molecule has 1 unspecified atom stereocenters. The number of guanidine groups is 3. The number of carbonyl (C=O) groups excluding carboxylic acids is 17. The number of aliphatic hydroxyl groups excluding tert-OH is 1. The molecule has 0 radical (unpaired) electrons. The molecule has 34 N–H and O–H groups in total. The number of rotatable bonds is 59. The minimum Gasteiger partial charge on any atom is -0.508 e. The van der Waals surface area contributed by atoms with Gasteiger partial charge in [-0.25, -0.2) is 4.98 Å². The Labute approximate surface area is 795 Å². The first-order valence-corrected chi connectivity index (χ1v) is 45.8. The van der Waals surface area contributed by atoms with Crippen molar-refractivity contribution < 1.29 is 102 Å². The Morgan fingerprint density at radius 2 is 0.978 bits per heavy atom. The van der Waals surface area contributed by atoms with E-state index >= 15 is 0 Å². The Hall–Kier alpha value is -13.7. The summed E-state index contributed by atoms with van der Waals surface area (Å²) in [4.78, 5) is 259. The van der Waals surface area contributed by atoms with Crippen LogP contribution >= 0.6 is 25.3 Å². The highest BCUT2D eigenvalue weighted by atomic mass is 32.1. The summed E-state index contributed by atoms with van der Waals surface area (Å²) in [6.45, 7) is 5.75. The summed E-state index contributed by atoms with van der Waals surface area (Å²) in [7, 11) is 0. The number of benzene rings is 2. The Morgan fingerprint density at radius 3 is 1.51 bits per heavy atom. The number of carbonyl (C=O) groups is 18. The van der Waals surface area contributed by atoms with E-state index in [0.717, 1.165) is 17.7 Å². The molecule has 17 atom stereocenters. The van der Waals surface area contributed by atoms with Crippen molar-refractivity contribution in [3.05, 3.63) is 83.9 Å². The van der Waals surface area contributed by atoms with Gasteiger partial charge < -0.3 is 149 Å². The summed E-state index contributed by atoms with van der Waals surface area (Å²) in [5.74, 6) is -20.9. The molecule has 5 rings (SSSR count). The quantitative estimate of drug-likeness (QED) is 0.0108. The summed E-state index contributed by atoms with van der Waals surface area (Å²) in [6.07, 6.45) is 3.20. The number of nitrogens with two attached hydrogens (primary N) is 4. The summed E-state index contributed by atoms with van der Waals surface area (Å²) in [6, 6.07) is -9.56. The van der Waals surface area contributed by atoms with Gasteiger partial charge in [0.05, 0.1) is 38.5 Å². The first-order chi connectivity index (χ1) is 64.6. The number of aromatic amines is 1. The van der Waals surface area contributed by atoms with Crippen LogP contribution in [0.1, 0.15) is 141 Å². The number of amides is 17. The summed E-state index contributed by atoms with van der Waals surface area (Å²) >= 11 is 8.56. The number of H-pyrrole nitrogens is 1. The third-order valence-corrected chi connectivity index (χ3v) is 22.7. The average molecular weight is 1950 g/mol. The van der Waals surface area contributed by atoms with Gasteiger partial charge in [-0.3, -0.25) is 103 Å². The van der Waals surface area contributed by atoms with Gasteiger partial charge in [0.2, 0.25) is 100 Å². The minimum atomic E-state index is -2.04. The number of carboxylic acid groups (broad SMARTS) is 1.